The van der Waals surface area contributed by atoms with E-state index in [0.717, 1.165) is 32.4 Å². The Hall–Kier alpha value is -1.26. The van der Waals surface area contributed by atoms with E-state index < -0.39 is 12.0 Å². The van der Waals surface area contributed by atoms with E-state index in [1.54, 1.807) is 18.7 Å². The summed E-state index contributed by atoms with van der Waals surface area (Å²) in [5.41, 5.74) is 0. The van der Waals surface area contributed by atoms with Crippen LogP contribution in [0.1, 0.15) is 40.0 Å². The first-order valence-corrected chi connectivity index (χ1v) is 6.70. The highest BCUT2D eigenvalue weighted by atomic mass is 16.4. The average molecular weight is 256 g/mol. The molecule has 2 N–H and O–H groups in total. The molecule has 1 saturated heterocycles. The van der Waals surface area contributed by atoms with Gasteiger partial charge in [0.25, 0.3) is 0 Å². The number of aliphatic carboxylic acids is 1. The molecule has 1 unspecified atom stereocenters. The maximum atomic E-state index is 12.0. The van der Waals surface area contributed by atoms with Crippen molar-refractivity contribution in [3.8, 4) is 0 Å². The fraction of sp³-hybridized carbons (Fsp3) is 0.846. The topological polar surface area (TPSA) is 69.6 Å². The summed E-state index contributed by atoms with van der Waals surface area (Å²) >= 11 is 0. The lowest BCUT2D eigenvalue weighted by molar-refractivity contribution is -0.140. The van der Waals surface area contributed by atoms with E-state index in [-0.39, 0.29) is 11.9 Å². The van der Waals surface area contributed by atoms with Crippen LogP contribution < -0.4 is 5.32 Å². The number of carbonyl (C=O) groups is 2. The molecule has 2 amide bonds. The van der Waals surface area contributed by atoms with Gasteiger partial charge in [0.05, 0.1) is 0 Å². The van der Waals surface area contributed by atoms with Crippen molar-refractivity contribution in [1.82, 2.24) is 10.2 Å². The van der Waals surface area contributed by atoms with Gasteiger partial charge < -0.3 is 15.3 Å². The van der Waals surface area contributed by atoms with Crippen molar-refractivity contribution < 1.29 is 14.7 Å². The summed E-state index contributed by atoms with van der Waals surface area (Å²) in [4.78, 5) is 24.8. The van der Waals surface area contributed by atoms with Crippen LogP contribution in [0.5, 0.6) is 0 Å². The minimum atomic E-state index is -0.971. The van der Waals surface area contributed by atoms with Crippen LogP contribution in [-0.4, -0.2) is 41.1 Å². The summed E-state index contributed by atoms with van der Waals surface area (Å²) in [6, 6.07) is -1.05. The highest BCUT2D eigenvalue weighted by Crippen LogP contribution is 2.16. The molecular weight excluding hydrogens is 232 g/mol. The zero-order chi connectivity index (χ0) is 13.7. The van der Waals surface area contributed by atoms with Crippen LogP contribution in [0.3, 0.4) is 0 Å². The van der Waals surface area contributed by atoms with Crippen molar-refractivity contribution in [3.63, 3.8) is 0 Å². The second-order valence-corrected chi connectivity index (χ2v) is 5.53. The highest BCUT2D eigenvalue weighted by molar-refractivity contribution is 5.82. The fourth-order valence-electron chi connectivity index (χ4n) is 2.20. The van der Waals surface area contributed by atoms with Crippen LogP contribution in [0.2, 0.25) is 0 Å². The number of hydrogen-bond acceptors (Lipinski definition) is 2. The lowest BCUT2D eigenvalue weighted by Gasteiger charge is -2.25. The predicted molar refractivity (Wildman–Crippen MR) is 69.4 cm³/mol. The molecular formula is C13H24N2O3. The monoisotopic (exact) mass is 256 g/mol. The number of carbonyl (C=O) groups excluding carboxylic acids is 1. The number of carboxylic acid groups (broad SMARTS) is 1. The number of amides is 2. The van der Waals surface area contributed by atoms with Crippen molar-refractivity contribution >= 4 is 12.0 Å². The molecule has 2 atom stereocenters. The zero-order valence-electron chi connectivity index (χ0n) is 11.5. The first-order chi connectivity index (χ1) is 8.41. The van der Waals surface area contributed by atoms with E-state index >= 15 is 0 Å². The number of rotatable bonds is 3. The summed E-state index contributed by atoms with van der Waals surface area (Å²) < 4.78 is 0. The molecule has 0 saturated carbocycles. The minimum Gasteiger partial charge on any atom is -0.480 e. The molecule has 18 heavy (non-hydrogen) atoms. The molecule has 104 valence electrons. The van der Waals surface area contributed by atoms with Gasteiger partial charge in [0, 0.05) is 13.1 Å². The molecule has 1 heterocycles. The Balaban J connectivity index is 2.55. The number of nitrogens with zero attached hydrogens (tertiary/aromatic N) is 1. The van der Waals surface area contributed by atoms with Crippen LogP contribution in [0, 0.1) is 11.8 Å². The zero-order valence-corrected chi connectivity index (χ0v) is 11.5. The largest absolute Gasteiger partial charge is 0.480 e. The molecule has 0 aliphatic carbocycles. The molecule has 0 radical (unpaired) electrons. The third-order valence-electron chi connectivity index (χ3n) is 3.52. The van der Waals surface area contributed by atoms with Gasteiger partial charge in [0.2, 0.25) is 0 Å². The summed E-state index contributed by atoms with van der Waals surface area (Å²) in [5.74, 6) is -0.443. The number of hydrogen-bond donors (Lipinski definition) is 2. The van der Waals surface area contributed by atoms with Crippen molar-refractivity contribution in [2.75, 3.05) is 13.1 Å². The predicted octanol–water partition coefficient (Wildman–Crippen LogP) is 1.93. The molecule has 0 spiro atoms. The summed E-state index contributed by atoms with van der Waals surface area (Å²) in [6.45, 7) is 7.22. The molecule has 0 aromatic carbocycles. The van der Waals surface area contributed by atoms with Crippen molar-refractivity contribution in [1.29, 1.82) is 0 Å². The molecule has 0 bridgehead atoms. The second-order valence-electron chi connectivity index (χ2n) is 5.53. The van der Waals surface area contributed by atoms with E-state index in [2.05, 4.69) is 12.2 Å². The Labute approximate surface area is 109 Å². The SMILES string of the molecule is CC1CCCN(C(=O)N[C@H](C(=O)O)C(C)C)CC1. The molecule has 1 rings (SSSR count). The average Bonchev–Trinajstić information content (AvgIpc) is 2.49. The van der Waals surface area contributed by atoms with E-state index in [4.69, 9.17) is 5.11 Å². The van der Waals surface area contributed by atoms with Gasteiger partial charge in [0.15, 0.2) is 0 Å². The molecule has 1 aliphatic heterocycles. The first kappa shape index (κ1) is 14.8. The number of carboxylic acids is 1. The molecule has 0 aromatic heterocycles. The maximum Gasteiger partial charge on any atom is 0.326 e. The summed E-state index contributed by atoms with van der Waals surface area (Å²) in [5, 5.41) is 11.7. The van der Waals surface area contributed by atoms with Gasteiger partial charge in [-0.15, -0.1) is 0 Å². The quantitative estimate of drug-likeness (QED) is 0.810. The number of nitrogens with one attached hydrogen (secondary N) is 1. The van der Waals surface area contributed by atoms with Gasteiger partial charge in [-0.2, -0.15) is 0 Å². The standard InChI is InChI=1S/C13H24N2O3/c1-9(2)11(12(16)17)14-13(18)15-7-4-5-10(3)6-8-15/h9-11H,4-8H2,1-3H3,(H,14,18)(H,16,17)/t10?,11-/m0/s1. The molecule has 1 fully saturated rings. The highest BCUT2D eigenvalue weighted by Gasteiger charge is 2.26. The van der Waals surface area contributed by atoms with Gasteiger partial charge in [0.1, 0.15) is 6.04 Å². The third-order valence-corrected chi connectivity index (χ3v) is 3.52. The van der Waals surface area contributed by atoms with Crippen molar-refractivity contribution in [2.24, 2.45) is 11.8 Å². The van der Waals surface area contributed by atoms with Crippen molar-refractivity contribution in [3.05, 3.63) is 0 Å². The molecule has 5 heteroatoms. The van der Waals surface area contributed by atoms with Crippen LogP contribution >= 0.6 is 0 Å². The summed E-state index contributed by atoms with van der Waals surface area (Å²) in [6.07, 6.45) is 3.12. The number of urea groups is 1. The first-order valence-electron chi connectivity index (χ1n) is 6.70. The van der Waals surface area contributed by atoms with Crippen LogP contribution in [0.15, 0.2) is 0 Å². The molecule has 1 aliphatic rings. The molecule has 0 aromatic rings. The van der Waals surface area contributed by atoms with Gasteiger partial charge >= 0.3 is 12.0 Å². The Morgan fingerprint density at radius 3 is 2.50 bits per heavy atom. The van der Waals surface area contributed by atoms with Gasteiger partial charge in [-0.3, -0.25) is 0 Å². The van der Waals surface area contributed by atoms with Crippen LogP contribution in [-0.2, 0) is 4.79 Å². The lowest BCUT2D eigenvalue weighted by atomic mass is 10.0. The number of likely N-dealkylation sites (tertiary alicyclic amines) is 1. The van der Waals surface area contributed by atoms with Gasteiger partial charge in [-0.05, 0) is 31.1 Å². The van der Waals surface area contributed by atoms with Gasteiger partial charge in [-0.1, -0.05) is 20.8 Å². The Bertz CT molecular complexity index is 305. The Morgan fingerprint density at radius 1 is 1.28 bits per heavy atom. The Kier molecular flexibility index (Phi) is 5.44. The minimum absolute atomic E-state index is 0.114. The second kappa shape index (κ2) is 6.61. The maximum absolute atomic E-state index is 12.0. The van der Waals surface area contributed by atoms with Crippen LogP contribution in [0.25, 0.3) is 0 Å². The Morgan fingerprint density at radius 2 is 1.94 bits per heavy atom. The van der Waals surface area contributed by atoms with Crippen LogP contribution in [0.4, 0.5) is 4.79 Å². The molecule has 5 nitrogen and oxygen atoms in total. The van der Waals surface area contributed by atoms with E-state index in [1.807, 2.05) is 0 Å². The van der Waals surface area contributed by atoms with E-state index in [0.29, 0.717) is 5.92 Å². The summed E-state index contributed by atoms with van der Waals surface area (Å²) in [7, 11) is 0. The van der Waals surface area contributed by atoms with Gasteiger partial charge in [-0.25, -0.2) is 9.59 Å². The normalized spacial score (nSPS) is 22.4. The fourth-order valence-corrected chi connectivity index (χ4v) is 2.20. The van der Waals surface area contributed by atoms with Crippen molar-refractivity contribution in [2.45, 2.75) is 46.1 Å². The van der Waals surface area contributed by atoms with E-state index in [9.17, 15) is 9.59 Å². The lowest BCUT2D eigenvalue weighted by Crippen LogP contribution is -2.50. The third kappa shape index (κ3) is 4.20. The van der Waals surface area contributed by atoms with E-state index in [1.165, 1.54) is 0 Å². The smallest absolute Gasteiger partial charge is 0.326 e.